The molecule has 1 aliphatic heterocycles. The van der Waals surface area contributed by atoms with Crippen LogP contribution in [0.1, 0.15) is 66.6 Å². The van der Waals surface area contributed by atoms with Gasteiger partial charge >= 0.3 is 0 Å². The minimum Gasteiger partial charge on any atom is -0.324 e. The molecule has 1 aromatic carbocycles. The van der Waals surface area contributed by atoms with Gasteiger partial charge in [0.1, 0.15) is 0 Å². The Kier molecular flexibility index (Phi) is 5.26. The normalized spacial score (nSPS) is 21.1. The Morgan fingerprint density at radius 1 is 0.970 bits per heavy atom. The fraction of sp³-hybridized carbons (Fsp3) is 0.385. The lowest BCUT2D eigenvalue weighted by Gasteiger charge is -2.28. The van der Waals surface area contributed by atoms with E-state index in [0.29, 0.717) is 5.92 Å². The summed E-state index contributed by atoms with van der Waals surface area (Å²) >= 11 is 0. The van der Waals surface area contributed by atoms with Crippen LogP contribution in [0.4, 0.5) is 11.5 Å². The van der Waals surface area contributed by atoms with Crippen molar-refractivity contribution in [1.82, 2.24) is 25.1 Å². The average Bonchev–Trinajstić information content (AvgIpc) is 3.31. The second-order valence-corrected chi connectivity index (χ2v) is 9.24. The molecule has 0 saturated carbocycles. The molecular formula is C26H29N7. The molecule has 0 amide bonds. The average molecular weight is 440 g/mol. The summed E-state index contributed by atoms with van der Waals surface area (Å²) in [5, 5.41) is 7.77. The summed E-state index contributed by atoms with van der Waals surface area (Å²) in [6, 6.07) is 12.8. The van der Waals surface area contributed by atoms with E-state index in [-0.39, 0.29) is 6.04 Å². The molecule has 168 valence electrons. The molecule has 0 unspecified atom stereocenters. The largest absolute Gasteiger partial charge is 0.324 e. The summed E-state index contributed by atoms with van der Waals surface area (Å²) in [7, 11) is 0. The van der Waals surface area contributed by atoms with E-state index in [2.05, 4.69) is 50.4 Å². The first kappa shape index (κ1) is 20.3. The molecule has 7 nitrogen and oxygen atoms in total. The number of aromatic nitrogens is 5. The Balaban J connectivity index is 1.28. The maximum absolute atomic E-state index is 6.58. The minimum atomic E-state index is 0.0741. The predicted molar refractivity (Wildman–Crippen MR) is 130 cm³/mol. The van der Waals surface area contributed by atoms with Gasteiger partial charge in [0.05, 0.1) is 17.1 Å². The number of anilines is 2. The molecule has 33 heavy (non-hydrogen) atoms. The van der Waals surface area contributed by atoms with E-state index in [0.717, 1.165) is 85.5 Å². The maximum atomic E-state index is 6.58. The van der Waals surface area contributed by atoms with Crippen LogP contribution >= 0.6 is 0 Å². The van der Waals surface area contributed by atoms with Crippen molar-refractivity contribution < 1.29 is 0 Å². The number of H-pyrrole nitrogens is 1. The molecule has 6 rings (SSSR count). The lowest BCUT2D eigenvalue weighted by molar-refractivity contribution is 0.501. The van der Waals surface area contributed by atoms with Gasteiger partial charge < -0.3 is 10.6 Å². The molecule has 0 fully saturated rings. The molecule has 1 aliphatic carbocycles. The van der Waals surface area contributed by atoms with Crippen molar-refractivity contribution in [2.24, 2.45) is 5.73 Å². The van der Waals surface area contributed by atoms with Crippen LogP contribution < -0.4 is 10.6 Å². The third-order valence-electron chi connectivity index (χ3n) is 7.18. The van der Waals surface area contributed by atoms with E-state index in [1.807, 2.05) is 18.5 Å². The summed E-state index contributed by atoms with van der Waals surface area (Å²) in [5.74, 6) is 1.19. The first-order valence-electron chi connectivity index (χ1n) is 12.0. The number of nitrogens with two attached hydrogens (primary N) is 1. The Bertz CT molecular complexity index is 1280. The third kappa shape index (κ3) is 3.76. The van der Waals surface area contributed by atoms with Gasteiger partial charge in [-0.15, -0.1) is 0 Å². The highest BCUT2D eigenvalue weighted by Crippen LogP contribution is 2.36. The van der Waals surface area contributed by atoms with Crippen molar-refractivity contribution in [2.45, 2.75) is 56.9 Å². The van der Waals surface area contributed by atoms with Crippen LogP contribution in [0.5, 0.6) is 0 Å². The highest BCUT2D eigenvalue weighted by Gasteiger charge is 2.25. The highest BCUT2D eigenvalue weighted by atomic mass is 15.3. The lowest BCUT2D eigenvalue weighted by atomic mass is 9.92. The Morgan fingerprint density at radius 2 is 1.91 bits per heavy atom. The number of hydrogen-bond donors (Lipinski definition) is 2. The molecule has 2 aliphatic rings. The van der Waals surface area contributed by atoms with E-state index in [1.54, 1.807) is 0 Å². The molecule has 0 bridgehead atoms. The van der Waals surface area contributed by atoms with Crippen molar-refractivity contribution in [3.63, 3.8) is 0 Å². The first-order valence-corrected chi connectivity index (χ1v) is 12.0. The summed E-state index contributed by atoms with van der Waals surface area (Å²) in [4.78, 5) is 16.6. The number of nitrogens with zero attached hydrogens (tertiary/aromatic N) is 5. The summed E-state index contributed by atoms with van der Waals surface area (Å²) < 4.78 is 0. The van der Waals surface area contributed by atoms with Gasteiger partial charge in [-0.3, -0.25) is 10.1 Å². The van der Waals surface area contributed by atoms with Crippen molar-refractivity contribution in [3.05, 3.63) is 71.3 Å². The van der Waals surface area contributed by atoms with Crippen LogP contribution in [0, 0.1) is 0 Å². The molecule has 0 radical (unpaired) electrons. The summed E-state index contributed by atoms with van der Waals surface area (Å²) in [6.45, 7) is 0.906. The number of rotatable bonds is 2. The standard InChI is InChI=1S/C26H29N7/c27-20-13-12-18(8-3-7-17-6-1-2-9-19(17)20)22-16-29-24-25(30-22)31-32-26(24)33-15-5-10-21-23(33)11-4-14-28-21/h1-2,4,6,9,11,14,16,18,20H,3,5,7-8,10,12-13,15,27H2,(H,30,31,32)/t18-,20-/m1/s1. The Labute approximate surface area is 193 Å². The molecule has 3 N–H and O–H groups in total. The van der Waals surface area contributed by atoms with Gasteiger partial charge in [-0.05, 0) is 68.2 Å². The quantitative estimate of drug-likeness (QED) is 0.469. The van der Waals surface area contributed by atoms with Gasteiger partial charge in [0.2, 0.25) is 0 Å². The number of benzene rings is 1. The van der Waals surface area contributed by atoms with Crippen molar-refractivity contribution in [2.75, 3.05) is 11.4 Å². The predicted octanol–water partition coefficient (Wildman–Crippen LogP) is 4.73. The smallest absolute Gasteiger partial charge is 0.183 e. The third-order valence-corrected chi connectivity index (χ3v) is 7.18. The highest BCUT2D eigenvalue weighted by molar-refractivity contribution is 5.86. The number of pyridine rings is 1. The van der Waals surface area contributed by atoms with Crippen molar-refractivity contribution >= 4 is 22.7 Å². The molecule has 3 aromatic heterocycles. The monoisotopic (exact) mass is 439 g/mol. The SMILES string of the molecule is N[C@@H]1CC[C@H](c2cnc3c(N4CCCc5ncccc54)n[nH]c3n2)CCCc2ccccc21. The first-order chi connectivity index (χ1) is 16.3. The van der Waals surface area contributed by atoms with Crippen LogP contribution in [0.3, 0.4) is 0 Å². The van der Waals surface area contributed by atoms with Gasteiger partial charge in [0, 0.05) is 30.9 Å². The number of nitrogens with one attached hydrogen (secondary N) is 1. The van der Waals surface area contributed by atoms with Crippen molar-refractivity contribution in [3.8, 4) is 0 Å². The number of hydrogen-bond acceptors (Lipinski definition) is 6. The topological polar surface area (TPSA) is 96.6 Å². The van der Waals surface area contributed by atoms with Gasteiger partial charge in [0.15, 0.2) is 17.0 Å². The van der Waals surface area contributed by atoms with E-state index in [9.17, 15) is 0 Å². The van der Waals surface area contributed by atoms with Crippen LogP contribution in [0.15, 0.2) is 48.8 Å². The molecule has 7 heteroatoms. The van der Waals surface area contributed by atoms with Crippen LogP contribution in [-0.4, -0.2) is 31.7 Å². The minimum absolute atomic E-state index is 0.0741. The van der Waals surface area contributed by atoms with Crippen LogP contribution in [0.25, 0.3) is 11.2 Å². The van der Waals surface area contributed by atoms with E-state index < -0.39 is 0 Å². The van der Waals surface area contributed by atoms with E-state index in [4.69, 9.17) is 15.7 Å². The van der Waals surface area contributed by atoms with Crippen LogP contribution in [0.2, 0.25) is 0 Å². The maximum Gasteiger partial charge on any atom is 0.183 e. The van der Waals surface area contributed by atoms with Gasteiger partial charge in [-0.25, -0.2) is 9.97 Å². The molecule has 2 atom stereocenters. The zero-order valence-corrected chi connectivity index (χ0v) is 18.7. The van der Waals surface area contributed by atoms with Gasteiger partial charge in [0.25, 0.3) is 0 Å². The molecule has 4 aromatic rings. The fourth-order valence-corrected chi connectivity index (χ4v) is 5.44. The summed E-state index contributed by atoms with van der Waals surface area (Å²) in [6.07, 6.45) is 11.1. The molecular weight excluding hydrogens is 410 g/mol. The second kappa shape index (κ2) is 8.56. The Morgan fingerprint density at radius 3 is 2.88 bits per heavy atom. The zero-order chi connectivity index (χ0) is 22.2. The number of fused-ring (bicyclic) bond motifs is 3. The van der Waals surface area contributed by atoms with E-state index >= 15 is 0 Å². The summed E-state index contributed by atoms with van der Waals surface area (Å²) in [5.41, 5.74) is 14.1. The molecule has 0 spiro atoms. The Hall–Kier alpha value is -3.32. The van der Waals surface area contributed by atoms with Gasteiger partial charge in [-0.1, -0.05) is 24.3 Å². The lowest BCUT2D eigenvalue weighted by Crippen LogP contribution is -2.25. The van der Waals surface area contributed by atoms with Crippen LogP contribution in [-0.2, 0) is 12.8 Å². The fourth-order valence-electron chi connectivity index (χ4n) is 5.44. The zero-order valence-electron chi connectivity index (χ0n) is 18.7. The molecule has 4 heterocycles. The molecule has 0 saturated heterocycles. The van der Waals surface area contributed by atoms with E-state index in [1.165, 1.54) is 11.1 Å². The van der Waals surface area contributed by atoms with Gasteiger partial charge in [-0.2, -0.15) is 5.10 Å². The number of aromatic amines is 1. The second-order valence-electron chi connectivity index (χ2n) is 9.24. The number of aryl methyl sites for hydroxylation is 2. The van der Waals surface area contributed by atoms with Crippen molar-refractivity contribution in [1.29, 1.82) is 0 Å².